The van der Waals surface area contributed by atoms with Crippen molar-refractivity contribution in [3.8, 4) is 5.75 Å². The van der Waals surface area contributed by atoms with Crippen molar-refractivity contribution in [1.82, 2.24) is 0 Å². The maximum atomic E-state index is 12.2. The van der Waals surface area contributed by atoms with Gasteiger partial charge >= 0.3 is 0 Å². The Morgan fingerprint density at radius 2 is 1.73 bits per heavy atom. The smallest absolute Gasteiger partial charge is 0.243 e. The van der Waals surface area contributed by atoms with Gasteiger partial charge in [0.2, 0.25) is 11.8 Å². The van der Waals surface area contributed by atoms with Gasteiger partial charge < -0.3 is 20.7 Å². The fraction of sp³-hybridized carbons (Fsp3) is 0.263. The van der Waals surface area contributed by atoms with E-state index < -0.39 is 0 Å². The summed E-state index contributed by atoms with van der Waals surface area (Å²) in [6, 6.07) is 10.6. The van der Waals surface area contributed by atoms with E-state index in [1.165, 1.54) is 0 Å². The molecule has 0 aliphatic rings. The van der Waals surface area contributed by atoms with Crippen molar-refractivity contribution in [3.05, 3.63) is 47.0 Å². The van der Waals surface area contributed by atoms with Crippen LogP contribution in [0.5, 0.6) is 5.75 Å². The molecule has 2 aromatic rings. The molecule has 0 unspecified atom stereocenters. The molecule has 0 aliphatic heterocycles. The summed E-state index contributed by atoms with van der Waals surface area (Å²) in [6.07, 6.45) is 0.393. The second-order valence-electron chi connectivity index (χ2n) is 5.63. The zero-order chi connectivity index (χ0) is 19.1. The lowest BCUT2D eigenvalue weighted by atomic mass is 10.1. The normalized spacial score (nSPS) is 10.2. The third-order valence-electron chi connectivity index (χ3n) is 3.81. The molecule has 26 heavy (non-hydrogen) atoms. The van der Waals surface area contributed by atoms with Crippen molar-refractivity contribution in [2.75, 3.05) is 29.6 Å². The van der Waals surface area contributed by atoms with E-state index in [2.05, 4.69) is 16.0 Å². The molecular weight excluding hydrogens is 354 g/mol. The second kappa shape index (κ2) is 9.10. The van der Waals surface area contributed by atoms with Crippen LogP contribution in [0.2, 0.25) is 5.02 Å². The fourth-order valence-corrected chi connectivity index (χ4v) is 2.56. The van der Waals surface area contributed by atoms with Gasteiger partial charge in [-0.3, -0.25) is 9.59 Å². The van der Waals surface area contributed by atoms with Crippen LogP contribution < -0.4 is 20.7 Å². The predicted molar refractivity (Wildman–Crippen MR) is 105 cm³/mol. The van der Waals surface area contributed by atoms with Gasteiger partial charge in [-0.1, -0.05) is 24.6 Å². The predicted octanol–water partition coefficient (Wildman–Crippen LogP) is 4.06. The molecule has 2 amide bonds. The maximum absolute atomic E-state index is 12.2. The first-order chi connectivity index (χ1) is 12.4. The zero-order valence-electron chi connectivity index (χ0n) is 15.0. The lowest BCUT2D eigenvalue weighted by Gasteiger charge is -2.14. The van der Waals surface area contributed by atoms with E-state index in [4.69, 9.17) is 16.3 Å². The van der Waals surface area contributed by atoms with Gasteiger partial charge in [0.1, 0.15) is 5.75 Å². The summed E-state index contributed by atoms with van der Waals surface area (Å²) < 4.78 is 5.10. The molecule has 0 bridgehead atoms. The van der Waals surface area contributed by atoms with E-state index in [1.54, 1.807) is 50.4 Å². The SMILES string of the molecule is CCC(=O)Nc1cccc(NC(=O)CNc2ccc(OC)c(Cl)c2)c1C. The number of anilines is 3. The standard InChI is InChI=1S/C19H22ClN3O3/c1-4-18(24)22-15-6-5-7-16(12(15)2)23-19(25)11-21-13-8-9-17(26-3)14(20)10-13/h5-10,21H,4,11H2,1-3H3,(H,22,24)(H,23,25). The fourth-order valence-electron chi connectivity index (χ4n) is 2.30. The topological polar surface area (TPSA) is 79.5 Å². The lowest BCUT2D eigenvalue weighted by Crippen LogP contribution is -2.22. The summed E-state index contributed by atoms with van der Waals surface area (Å²) >= 11 is 6.07. The number of carbonyl (C=O) groups excluding carboxylic acids is 2. The number of halogens is 1. The first-order valence-electron chi connectivity index (χ1n) is 8.21. The molecule has 6 nitrogen and oxygen atoms in total. The Morgan fingerprint density at radius 1 is 1.08 bits per heavy atom. The molecule has 0 saturated carbocycles. The number of benzene rings is 2. The summed E-state index contributed by atoms with van der Waals surface area (Å²) in [5, 5.41) is 9.13. The van der Waals surface area contributed by atoms with Crippen LogP contribution in [0.1, 0.15) is 18.9 Å². The summed E-state index contributed by atoms with van der Waals surface area (Å²) in [6.45, 7) is 3.71. The Bertz CT molecular complexity index is 809. The van der Waals surface area contributed by atoms with Crippen LogP contribution in [0.15, 0.2) is 36.4 Å². The summed E-state index contributed by atoms with van der Waals surface area (Å²) in [4.78, 5) is 23.8. The highest BCUT2D eigenvalue weighted by molar-refractivity contribution is 6.32. The van der Waals surface area contributed by atoms with Gasteiger partial charge in [-0.2, -0.15) is 0 Å². The zero-order valence-corrected chi connectivity index (χ0v) is 15.7. The Balaban J connectivity index is 1.98. The highest BCUT2D eigenvalue weighted by Crippen LogP contribution is 2.27. The van der Waals surface area contributed by atoms with Crippen molar-refractivity contribution < 1.29 is 14.3 Å². The minimum Gasteiger partial charge on any atom is -0.495 e. The Labute approximate surface area is 157 Å². The monoisotopic (exact) mass is 375 g/mol. The largest absolute Gasteiger partial charge is 0.495 e. The molecule has 0 heterocycles. The van der Waals surface area contributed by atoms with Gasteiger partial charge in [-0.15, -0.1) is 0 Å². The maximum Gasteiger partial charge on any atom is 0.243 e. The van der Waals surface area contributed by atoms with Crippen LogP contribution in [-0.4, -0.2) is 25.5 Å². The molecule has 138 valence electrons. The Kier molecular flexibility index (Phi) is 6.86. The van der Waals surface area contributed by atoms with Crippen LogP contribution in [0, 0.1) is 6.92 Å². The molecule has 0 radical (unpaired) electrons. The van der Waals surface area contributed by atoms with Crippen LogP contribution in [0.3, 0.4) is 0 Å². The van der Waals surface area contributed by atoms with Crippen LogP contribution in [0.25, 0.3) is 0 Å². The third-order valence-corrected chi connectivity index (χ3v) is 4.10. The first kappa shape index (κ1) is 19.6. The average Bonchev–Trinajstić information content (AvgIpc) is 2.63. The number of nitrogens with one attached hydrogen (secondary N) is 3. The van der Waals surface area contributed by atoms with Gasteiger partial charge in [0.15, 0.2) is 0 Å². The van der Waals surface area contributed by atoms with Crippen LogP contribution >= 0.6 is 11.6 Å². The minimum atomic E-state index is -0.209. The molecule has 0 aromatic heterocycles. The summed E-state index contributed by atoms with van der Waals surface area (Å²) in [5.41, 5.74) is 2.85. The molecule has 2 aromatic carbocycles. The number of hydrogen-bond donors (Lipinski definition) is 3. The third kappa shape index (κ3) is 5.13. The van der Waals surface area contributed by atoms with Crippen LogP contribution in [0.4, 0.5) is 17.1 Å². The van der Waals surface area contributed by atoms with E-state index in [9.17, 15) is 9.59 Å². The highest BCUT2D eigenvalue weighted by Gasteiger charge is 2.10. The minimum absolute atomic E-state index is 0.0744. The number of methoxy groups -OCH3 is 1. The van der Waals surface area contributed by atoms with Crippen LogP contribution in [-0.2, 0) is 9.59 Å². The quantitative estimate of drug-likeness (QED) is 0.682. The highest BCUT2D eigenvalue weighted by atomic mass is 35.5. The first-order valence-corrected chi connectivity index (χ1v) is 8.59. The molecule has 3 N–H and O–H groups in total. The van der Waals surface area contributed by atoms with E-state index in [0.717, 1.165) is 5.56 Å². The van der Waals surface area contributed by atoms with E-state index >= 15 is 0 Å². The van der Waals surface area contributed by atoms with Gasteiger partial charge in [0.25, 0.3) is 0 Å². The van der Waals surface area contributed by atoms with Gasteiger partial charge in [0.05, 0.1) is 18.7 Å². The van der Waals surface area contributed by atoms with Crippen molar-refractivity contribution in [2.24, 2.45) is 0 Å². The lowest BCUT2D eigenvalue weighted by molar-refractivity contribution is -0.116. The number of amides is 2. The molecular formula is C19H22ClN3O3. The van der Waals surface area contributed by atoms with Gasteiger partial charge in [-0.25, -0.2) is 0 Å². The van der Waals surface area contributed by atoms with Crippen molar-refractivity contribution in [2.45, 2.75) is 20.3 Å². The molecule has 0 atom stereocenters. The van der Waals surface area contributed by atoms with Gasteiger partial charge in [-0.05, 0) is 42.8 Å². The van der Waals surface area contributed by atoms with E-state index in [-0.39, 0.29) is 18.4 Å². The van der Waals surface area contributed by atoms with Gasteiger partial charge in [0, 0.05) is 23.5 Å². The van der Waals surface area contributed by atoms with Crippen molar-refractivity contribution in [3.63, 3.8) is 0 Å². The van der Waals surface area contributed by atoms with E-state index in [1.807, 2.05) is 6.92 Å². The molecule has 0 aliphatic carbocycles. The molecule has 0 saturated heterocycles. The van der Waals surface area contributed by atoms with Crippen molar-refractivity contribution in [1.29, 1.82) is 0 Å². The summed E-state index contributed by atoms with van der Waals surface area (Å²) in [5.74, 6) is 0.289. The average molecular weight is 376 g/mol. The molecule has 7 heteroatoms. The van der Waals surface area contributed by atoms with E-state index in [0.29, 0.717) is 34.3 Å². The Hall–Kier alpha value is -2.73. The molecule has 0 spiro atoms. The number of carbonyl (C=O) groups is 2. The summed E-state index contributed by atoms with van der Waals surface area (Å²) in [7, 11) is 1.54. The molecule has 0 fully saturated rings. The number of rotatable bonds is 7. The molecule has 2 rings (SSSR count). The number of ether oxygens (including phenoxy) is 1. The number of hydrogen-bond acceptors (Lipinski definition) is 4. The van der Waals surface area contributed by atoms with Crippen molar-refractivity contribution >= 4 is 40.5 Å². The second-order valence-corrected chi connectivity index (χ2v) is 6.04. The Morgan fingerprint density at radius 3 is 2.31 bits per heavy atom.